The SMILES string of the molecule is CCCC(C)NC(=O)CSc1nnc(COc2ccc(OC)cc2)n1-c1ccccc1F. The van der Waals surface area contributed by atoms with Crippen molar-refractivity contribution in [3.8, 4) is 17.2 Å². The lowest BCUT2D eigenvalue weighted by molar-refractivity contribution is -0.119. The fraction of sp³-hybridized carbons (Fsp3) is 0.348. The van der Waals surface area contributed by atoms with Crippen molar-refractivity contribution in [1.29, 1.82) is 0 Å². The molecule has 0 saturated heterocycles. The summed E-state index contributed by atoms with van der Waals surface area (Å²) in [6, 6.07) is 13.6. The van der Waals surface area contributed by atoms with Gasteiger partial charge in [0.15, 0.2) is 11.0 Å². The first-order valence-corrected chi connectivity index (χ1v) is 11.4. The second-order valence-corrected chi connectivity index (χ2v) is 8.14. The van der Waals surface area contributed by atoms with Crippen LogP contribution in [0.3, 0.4) is 0 Å². The quantitative estimate of drug-likeness (QED) is 0.430. The van der Waals surface area contributed by atoms with Gasteiger partial charge in [-0.3, -0.25) is 9.36 Å². The topological polar surface area (TPSA) is 78.3 Å². The summed E-state index contributed by atoms with van der Waals surface area (Å²) in [7, 11) is 1.59. The van der Waals surface area contributed by atoms with E-state index in [1.165, 1.54) is 17.8 Å². The van der Waals surface area contributed by atoms with Gasteiger partial charge in [-0.25, -0.2) is 4.39 Å². The molecule has 1 amide bonds. The Bertz CT molecular complexity index is 1030. The van der Waals surface area contributed by atoms with Crippen LogP contribution in [0.5, 0.6) is 11.5 Å². The molecule has 0 bridgehead atoms. The average molecular weight is 459 g/mol. The number of benzene rings is 2. The Kier molecular flexibility index (Phi) is 8.49. The Morgan fingerprint density at radius 1 is 1.16 bits per heavy atom. The fourth-order valence-corrected chi connectivity index (χ4v) is 3.91. The zero-order chi connectivity index (χ0) is 22.9. The maximum Gasteiger partial charge on any atom is 0.230 e. The van der Waals surface area contributed by atoms with E-state index in [9.17, 15) is 9.18 Å². The maximum absolute atomic E-state index is 14.6. The van der Waals surface area contributed by atoms with Crippen molar-refractivity contribution >= 4 is 17.7 Å². The molecule has 0 aliphatic rings. The van der Waals surface area contributed by atoms with E-state index < -0.39 is 5.82 Å². The minimum absolute atomic E-state index is 0.0773. The first-order valence-electron chi connectivity index (χ1n) is 10.4. The van der Waals surface area contributed by atoms with Gasteiger partial charge >= 0.3 is 0 Å². The molecule has 170 valence electrons. The molecular formula is C23H27FN4O3S. The number of halogens is 1. The number of nitrogens with zero attached hydrogens (tertiary/aromatic N) is 3. The van der Waals surface area contributed by atoms with E-state index >= 15 is 0 Å². The highest BCUT2D eigenvalue weighted by atomic mass is 32.2. The van der Waals surface area contributed by atoms with Crippen LogP contribution in [0.15, 0.2) is 53.7 Å². The van der Waals surface area contributed by atoms with Gasteiger partial charge in [-0.2, -0.15) is 0 Å². The van der Waals surface area contributed by atoms with E-state index in [-0.39, 0.29) is 24.3 Å². The van der Waals surface area contributed by atoms with Crippen molar-refractivity contribution in [2.24, 2.45) is 0 Å². The van der Waals surface area contributed by atoms with E-state index in [0.29, 0.717) is 22.4 Å². The lowest BCUT2D eigenvalue weighted by Gasteiger charge is -2.14. The first kappa shape index (κ1) is 23.6. The second-order valence-electron chi connectivity index (χ2n) is 7.20. The van der Waals surface area contributed by atoms with Gasteiger partial charge in [0.2, 0.25) is 5.91 Å². The third kappa shape index (κ3) is 6.23. The van der Waals surface area contributed by atoms with Gasteiger partial charge in [0, 0.05) is 6.04 Å². The zero-order valence-corrected chi connectivity index (χ0v) is 19.2. The summed E-state index contributed by atoms with van der Waals surface area (Å²) < 4.78 is 27.2. The maximum atomic E-state index is 14.6. The smallest absolute Gasteiger partial charge is 0.230 e. The predicted molar refractivity (Wildman–Crippen MR) is 122 cm³/mol. The van der Waals surface area contributed by atoms with Crippen LogP contribution in [-0.4, -0.2) is 39.6 Å². The Morgan fingerprint density at radius 2 is 1.88 bits per heavy atom. The van der Waals surface area contributed by atoms with E-state index in [0.717, 1.165) is 18.6 Å². The van der Waals surface area contributed by atoms with E-state index in [2.05, 4.69) is 22.4 Å². The summed E-state index contributed by atoms with van der Waals surface area (Å²) in [5.41, 5.74) is 0.299. The lowest BCUT2D eigenvalue weighted by Crippen LogP contribution is -2.33. The molecule has 0 fully saturated rings. The molecule has 1 N–H and O–H groups in total. The highest BCUT2D eigenvalue weighted by molar-refractivity contribution is 7.99. The van der Waals surface area contributed by atoms with Crippen molar-refractivity contribution in [3.05, 3.63) is 60.2 Å². The molecule has 0 aliphatic carbocycles. The second kappa shape index (κ2) is 11.5. The van der Waals surface area contributed by atoms with Crippen LogP contribution in [0.2, 0.25) is 0 Å². The summed E-state index contributed by atoms with van der Waals surface area (Å²) in [4.78, 5) is 12.3. The van der Waals surface area contributed by atoms with E-state index in [4.69, 9.17) is 9.47 Å². The molecule has 3 aromatic rings. The van der Waals surface area contributed by atoms with Gasteiger partial charge in [0.1, 0.15) is 23.9 Å². The van der Waals surface area contributed by atoms with Crippen molar-refractivity contribution < 1.29 is 18.7 Å². The van der Waals surface area contributed by atoms with Gasteiger partial charge < -0.3 is 14.8 Å². The molecule has 0 spiro atoms. The molecular weight excluding hydrogens is 431 g/mol. The van der Waals surface area contributed by atoms with Gasteiger partial charge in [-0.15, -0.1) is 10.2 Å². The number of ether oxygens (including phenoxy) is 2. The van der Waals surface area contributed by atoms with Crippen LogP contribution >= 0.6 is 11.8 Å². The minimum atomic E-state index is -0.416. The number of aromatic nitrogens is 3. The molecule has 2 aromatic carbocycles. The van der Waals surface area contributed by atoms with Gasteiger partial charge in [-0.05, 0) is 49.7 Å². The first-order chi connectivity index (χ1) is 15.5. The molecule has 0 aliphatic heterocycles. The van der Waals surface area contributed by atoms with Crippen LogP contribution < -0.4 is 14.8 Å². The predicted octanol–water partition coefficient (Wildman–Crippen LogP) is 4.39. The Balaban J connectivity index is 1.77. The Labute approximate surface area is 191 Å². The highest BCUT2D eigenvalue weighted by Gasteiger charge is 2.19. The number of amides is 1. The normalized spacial score (nSPS) is 11.8. The summed E-state index contributed by atoms with van der Waals surface area (Å²) in [5.74, 6) is 1.40. The van der Waals surface area contributed by atoms with E-state index in [1.54, 1.807) is 54.1 Å². The number of rotatable bonds is 11. The van der Waals surface area contributed by atoms with Gasteiger partial charge in [0.05, 0.1) is 18.6 Å². The minimum Gasteiger partial charge on any atom is -0.497 e. The molecule has 1 heterocycles. The molecule has 32 heavy (non-hydrogen) atoms. The number of carbonyl (C=O) groups is 1. The van der Waals surface area contributed by atoms with Crippen LogP contribution in [0.1, 0.15) is 32.5 Å². The van der Waals surface area contributed by atoms with Crippen molar-refractivity contribution in [2.75, 3.05) is 12.9 Å². The number of hydrogen-bond acceptors (Lipinski definition) is 6. The fourth-order valence-electron chi connectivity index (χ4n) is 3.13. The highest BCUT2D eigenvalue weighted by Crippen LogP contribution is 2.25. The van der Waals surface area contributed by atoms with Crippen LogP contribution in [0.25, 0.3) is 5.69 Å². The van der Waals surface area contributed by atoms with Crippen molar-refractivity contribution in [1.82, 2.24) is 20.1 Å². The number of thioether (sulfide) groups is 1. The number of hydrogen-bond donors (Lipinski definition) is 1. The van der Waals surface area contributed by atoms with Crippen molar-refractivity contribution in [3.63, 3.8) is 0 Å². The number of methoxy groups -OCH3 is 1. The summed E-state index contributed by atoms with van der Waals surface area (Å²) in [6.07, 6.45) is 1.91. The summed E-state index contributed by atoms with van der Waals surface area (Å²) in [6.45, 7) is 4.13. The van der Waals surface area contributed by atoms with Crippen LogP contribution in [-0.2, 0) is 11.4 Å². The molecule has 0 saturated carbocycles. The number of para-hydroxylation sites is 1. The molecule has 9 heteroatoms. The van der Waals surface area contributed by atoms with E-state index in [1.807, 2.05) is 6.92 Å². The Morgan fingerprint density at radius 3 is 2.56 bits per heavy atom. The number of nitrogens with one attached hydrogen (secondary N) is 1. The molecule has 1 unspecified atom stereocenters. The number of carbonyl (C=O) groups excluding carboxylic acids is 1. The third-order valence-electron chi connectivity index (χ3n) is 4.68. The Hall–Kier alpha value is -3.07. The lowest BCUT2D eigenvalue weighted by atomic mass is 10.2. The monoisotopic (exact) mass is 458 g/mol. The van der Waals surface area contributed by atoms with Crippen LogP contribution in [0, 0.1) is 5.82 Å². The zero-order valence-electron chi connectivity index (χ0n) is 18.4. The molecule has 3 rings (SSSR count). The molecule has 7 nitrogen and oxygen atoms in total. The van der Waals surface area contributed by atoms with Gasteiger partial charge in [-0.1, -0.05) is 37.2 Å². The standard InChI is InChI=1S/C23H27FN4O3S/c1-4-7-16(2)25-22(29)15-32-23-27-26-21(28(23)20-9-6-5-8-19(20)24)14-31-18-12-10-17(30-3)11-13-18/h5-6,8-13,16H,4,7,14-15H2,1-3H3,(H,25,29). The molecule has 1 atom stereocenters. The largest absolute Gasteiger partial charge is 0.497 e. The molecule has 0 radical (unpaired) electrons. The molecule has 1 aromatic heterocycles. The summed E-state index contributed by atoms with van der Waals surface area (Å²) >= 11 is 1.20. The van der Waals surface area contributed by atoms with Crippen LogP contribution in [0.4, 0.5) is 4.39 Å². The van der Waals surface area contributed by atoms with Gasteiger partial charge in [0.25, 0.3) is 0 Å². The third-order valence-corrected chi connectivity index (χ3v) is 5.61. The van der Waals surface area contributed by atoms with Crippen molar-refractivity contribution in [2.45, 2.75) is 44.5 Å². The average Bonchev–Trinajstić information content (AvgIpc) is 3.19. The summed E-state index contributed by atoms with van der Waals surface area (Å²) in [5, 5.41) is 11.8.